The highest BCUT2D eigenvalue weighted by Gasteiger charge is 2.24. The van der Waals surface area contributed by atoms with Crippen LogP contribution in [0.4, 0.5) is 4.79 Å². The van der Waals surface area contributed by atoms with Gasteiger partial charge >= 0.3 is 6.09 Å². The Balaban J connectivity index is 2.61. The Bertz CT molecular complexity index is 641. The number of ether oxygens (including phenoxy) is 1. The number of hydrogen-bond donors (Lipinski definition) is 4. The van der Waals surface area contributed by atoms with Crippen molar-refractivity contribution in [2.24, 2.45) is 4.99 Å². The first-order valence-electron chi connectivity index (χ1n) is 8.88. The number of carbonyl (C=O) groups is 1. The van der Waals surface area contributed by atoms with Gasteiger partial charge in [0.1, 0.15) is 11.7 Å². The minimum Gasteiger partial charge on any atom is -0.444 e. The second-order valence-corrected chi connectivity index (χ2v) is 9.49. The average molecular weight is 419 g/mol. The highest BCUT2D eigenvalue weighted by Crippen LogP contribution is 2.26. The van der Waals surface area contributed by atoms with Gasteiger partial charge in [0.2, 0.25) is 0 Å². The van der Waals surface area contributed by atoms with Gasteiger partial charge < -0.3 is 25.8 Å². The lowest BCUT2D eigenvalue weighted by Gasteiger charge is -2.27. The molecule has 7 nitrogen and oxygen atoms in total. The second kappa shape index (κ2) is 10.1. The molecule has 0 aromatic carbocycles. The van der Waals surface area contributed by atoms with Crippen molar-refractivity contribution in [3.8, 4) is 0 Å². The molecule has 154 valence electrons. The van der Waals surface area contributed by atoms with Crippen LogP contribution in [0.25, 0.3) is 0 Å². The third-order valence-corrected chi connectivity index (χ3v) is 4.53. The van der Waals surface area contributed by atoms with E-state index in [1.807, 2.05) is 41.5 Å². The normalized spacial score (nSPS) is 13.9. The lowest BCUT2D eigenvalue weighted by Crippen LogP contribution is -2.49. The topological polar surface area (TPSA) is 95.0 Å². The molecule has 0 fully saturated rings. The third-order valence-electron chi connectivity index (χ3n) is 3.20. The number of hydrogen-bond acceptors (Lipinski definition) is 5. The van der Waals surface area contributed by atoms with Crippen LogP contribution in [0.1, 0.15) is 52.5 Å². The number of rotatable bonds is 7. The standard InChI is InChI=1S/C18H31ClN4O3S/c1-7-20-15(21-10-12(24)13-8-9-14(19)27-13)22-11-18(5,6)23-16(25)26-17(2,3)4/h8-9,12,24H,7,10-11H2,1-6H3,(H,23,25)(H2,20,21,22). The van der Waals surface area contributed by atoms with Crippen LogP contribution >= 0.6 is 22.9 Å². The quantitative estimate of drug-likeness (QED) is 0.402. The highest BCUT2D eigenvalue weighted by molar-refractivity contribution is 7.16. The van der Waals surface area contributed by atoms with Crippen LogP contribution < -0.4 is 16.0 Å². The van der Waals surface area contributed by atoms with E-state index in [2.05, 4.69) is 20.9 Å². The van der Waals surface area contributed by atoms with Crippen molar-refractivity contribution in [1.82, 2.24) is 16.0 Å². The molecule has 1 aromatic heterocycles. The molecule has 1 aromatic rings. The highest BCUT2D eigenvalue weighted by atomic mass is 35.5. The van der Waals surface area contributed by atoms with Crippen molar-refractivity contribution in [2.45, 2.75) is 58.8 Å². The van der Waals surface area contributed by atoms with E-state index in [0.29, 0.717) is 29.9 Å². The molecule has 0 saturated carbocycles. The number of guanidine groups is 1. The summed E-state index contributed by atoms with van der Waals surface area (Å²) in [5, 5.41) is 19.3. The number of nitrogens with zero attached hydrogens (tertiary/aromatic N) is 1. The Morgan fingerprint density at radius 2 is 1.96 bits per heavy atom. The van der Waals surface area contributed by atoms with Gasteiger partial charge in [-0.25, -0.2) is 4.79 Å². The minimum absolute atomic E-state index is 0.294. The van der Waals surface area contributed by atoms with Crippen molar-refractivity contribution < 1.29 is 14.6 Å². The van der Waals surface area contributed by atoms with Crippen molar-refractivity contribution >= 4 is 35.0 Å². The number of aliphatic hydroxyl groups is 1. The Hall–Kier alpha value is -1.51. The van der Waals surface area contributed by atoms with Crippen molar-refractivity contribution in [2.75, 3.05) is 19.6 Å². The van der Waals surface area contributed by atoms with Gasteiger partial charge in [-0.15, -0.1) is 11.3 Å². The maximum absolute atomic E-state index is 12.0. The van der Waals surface area contributed by atoms with Crippen molar-refractivity contribution in [1.29, 1.82) is 0 Å². The number of nitrogens with one attached hydrogen (secondary N) is 3. The second-order valence-electron chi connectivity index (χ2n) is 7.74. The van der Waals surface area contributed by atoms with Gasteiger partial charge in [-0.2, -0.15) is 0 Å². The number of amides is 1. The zero-order valence-electron chi connectivity index (χ0n) is 16.9. The zero-order chi connectivity index (χ0) is 20.7. The fourth-order valence-electron chi connectivity index (χ4n) is 2.04. The van der Waals surface area contributed by atoms with Gasteiger partial charge in [0, 0.05) is 18.0 Å². The molecule has 0 bridgehead atoms. The summed E-state index contributed by atoms with van der Waals surface area (Å²) < 4.78 is 5.92. The SMILES string of the molecule is CCNC(=NCC(C)(C)NC(=O)OC(C)(C)C)NCC(O)c1ccc(Cl)s1. The molecule has 0 aliphatic heterocycles. The fourth-order valence-corrected chi connectivity index (χ4v) is 3.09. The molecule has 1 rings (SSSR count). The summed E-state index contributed by atoms with van der Waals surface area (Å²) in [4.78, 5) is 17.2. The molecule has 1 atom stereocenters. The molecular formula is C18H31ClN4O3S. The molecule has 1 unspecified atom stereocenters. The van der Waals surface area contributed by atoms with Crippen molar-refractivity contribution in [3.05, 3.63) is 21.3 Å². The molecule has 1 heterocycles. The van der Waals surface area contributed by atoms with Crippen LogP contribution in [0.5, 0.6) is 0 Å². The predicted molar refractivity (Wildman–Crippen MR) is 112 cm³/mol. The van der Waals surface area contributed by atoms with Gasteiger partial charge in [-0.05, 0) is 53.7 Å². The summed E-state index contributed by atoms with van der Waals surface area (Å²) in [5.41, 5.74) is -1.15. The van der Waals surface area contributed by atoms with Crippen LogP contribution in [0.2, 0.25) is 4.34 Å². The molecule has 4 N–H and O–H groups in total. The molecule has 1 amide bonds. The molecule has 0 saturated heterocycles. The van der Waals surface area contributed by atoms with Crippen LogP contribution in [0.3, 0.4) is 0 Å². The minimum atomic E-state index is -0.681. The summed E-state index contributed by atoms with van der Waals surface area (Å²) in [6.45, 7) is 12.4. The largest absolute Gasteiger partial charge is 0.444 e. The predicted octanol–water partition coefficient (Wildman–Crippen LogP) is 3.29. The molecule has 27 heavy (non-hydrogen) atoms. The molecule has 0 aliphatic carbocycles. The number of thiophene rings is 1. The van der Waals surface area contributed by atoms with Gasteiger partial charge in [0.15, 0.2) is 5.96 Å². The summed E-state index contributed by atoms with van der Waals surface area (Å²) in [6, 6.07) is 3.56. The van der Waals surface area contributed by atoms with Crippen LogP contribution in [-0.2, 0) is 4.74 Å². The first kappa shape index (κ1) is 23.5. The summed E-state index contributed by atoms with van der Waals surface area (Å²) in [5.74, 6) is 0.554. The van der Waals surface area contributed by atoms with Crippen LogP contribution in [-0.4, -0.2) is 47.9 Å². The Morgan fingerprint density at radius 3 is 2.48 bits per heavy atom. The van der Waals surface area contributed by atoms with E-state index in [1.165, 1.54) is 11.3 Å². The lowest BCUT2D eigenvalue weighted by molar-refractivity contribution is 0.0476. The molecular weight excluding hydrogens is 388 g/mol. The Labute approximate surface area is 170 Å². The van der Waals surface area contributed by atoms with E-state index in [0.717, 1.165) is 4.88 Å². The maximum Gasteiger partial charge on any atom is 0.408 e. The summed E-state index contributed by atoms with van der Waals surface area (Å²) >= 11 is 7.25. The molecule has 0 aliphatic rings. The molecule has 9 heteroatoms. The van der Waals surface area contributed by atoms with Crippen LogP contribution in [0.15, 0.2) is 17.1 Å². The van der Waals surface area contributed by atoms with E-state index in [9.17, 15) is 9.90 Å². The first-order chi connectivity index (χ1) is 12.4. The number of carbonyl (C=O) groups excluding carboxylic acids is 1. The summed E-state index contributed by atoms with van der Waals surface area (Å²) in [6.07, 6.45) is -1.16. The third kappa shape index (κ3) is 9.83. The zero-order valence-corrected chi connectivity index (χ0v) is 18.4. The lowest BCUT2D eigenvalue weighted by atomic mass is 10.1. The Morgan fingerprint density at radius 1 is 1.30 bits per heavy atom. The van der Waals surface area contributed by atoms with Gasteiger partial charge in [-0.3, -0.25) is 4.99 Å². The average Bonchev–Trinajstić information content (AvgIpc) is 2.94. The van der Waals surface area contributed by atoms with E-state index >= 15 is 0 Å². The summed E-state index contributed by atoms with van der Waals surface area (Å²) in [7, 11) is 0. The van der Waals surface area contributed by atoms with E-state index < -0.39 is 23.3 Å². The van der Waals surface area contributed by atoms with E-state index in [1.54, 1.807) is 12.1 Å². The van der Waals surface area contributed by atoms with E-state index in [-0.39, 0.29) is 0 Å². The van der Waals surface area contributed by atoms with Crippen molar-refractivity contribution in [3.63, 3.8) is 0 Å². The number of alkyl carbamates (subject to hydrolysis) is 1. The molecule has 0 radical (unpaired) electrons. The molecule has 0 spiro atoms. The van der Waals surface area contributed by atoms with Gasteiger partial charge in [0.05, 0.1) is 16.4 Å². The van der Waals surface area contributed by atoms with E-state index in [4.69, 9.17) is 16.3 Å². The van der Waals surface area contributed by atoms with Gasteiger partial charge in [0.25, 0.3) is 0 Å². The number of halogens is 1. The monoisotopic (exact) mass is 418 g/mol. The Kier molecular flexibility index (Phi) is 8.84. The van der Waals surface area contributed by atoms with Gasteiger partial charge in [-0.1, -0.05) is 11.6 Å². The van der Waals surface area contributed by atoms with Crippen LogP contribution in [0, 0.1) is 0 Å². The smallest absolute Gasteiger partial charge is 0.408 e. The first-order valence-corrected chi connectivity index (χ1v) is 10.1. The maximum atomic E-state index is 12.0. The number of aliphatic hydroxyl groups excluding tert-OH is 1. The fraction of sp³-hybridized carbons (Fsp3) is 0.667. The number of aliphatic imine (C=N–C) groups is 1.